The van der Waals surface area contributed by atoms with E-state index in [1.807, 2.05) is 7.05 Å². The number of methoxy groups -OCH3 is 1. The van der Waals surface area contributed by atoms with Crippen LogP contribution in [0.15, 0.2) is 0 Å². The molecule has 0 aromatic carbocycles. The van der Waals surface area contributed by atoms with Crippen molar-refractivity contribution < 1.29 is 9.47 Å². The summed E-state index contributed by atoms with van der Waals surface area (Å²) in [4.78, 5) is 2.16. The highest BCUT2D eigenvalue weighted by Crippen LogP contribution is 1.98. The summed E-state index contributed by atoms with van der Waals surface area (Å²) in [5.41, 5.74) is 0. The molecule has 4 heteroatoms. The smallest absolute Gasteiger partial charge is 0.0696 e. The van der Waals surface area contributed by atoms with Crippen LogP contribution in [0.25, 0.3) is 0 Å². The van der Waals surface area contributed by atoms with Gasteiger partial charge in [-0.3, -0.25) is 0 Å². The molecule has 1 atom stereocenters. The van der Waals surface area contributed by atoms with Crippen LogP contribution in [0.5, 0.6) is 0 Å². The number of halogens is 1. The third kappa shape index (κ3) is 8.75. The van der Waals surface area contributed by atoms with Gasteiger partial charge in [0.25, 0.3) is 0 Å². The Bertz CT molecular complexity index is 125. The maximum absolute atomic E-state index is 6.01. The van der Waals surface area contributed by atoms with E-state index in [1.54, 1.807) is 7.11 Å². The van der Waals surface area contributed by atoms with Crippen molar-refractivity contribution in [3.63, 3.8) is 0 Å². The highest BCUT2D eigenvalue weighted by molar-refractivity contribution is 6.20. The molecule has 0 N–H and O–H groups in total. The number of alkyl halides is 1. The molecule has 0 fully saturated rings. The summed E-state index contributed by atoms with van der Waals surface area (Å²) in [5.74, 6) is 0. The molecule has 0 aliphatic carbocycles. The summed E-state index contributed by atoms with van der Waals surface area (Å²) in [7, 11) is 3.71. The lowest BCUT2D eigenvalue weighted by Gasteiger charge is -2.19. The summed E-state index contributed by atoms with van der Waals surface area (Å²) in [6.45, 7) is 6.09. The van der Waals surface area contributed by atoms with Crippen LogP contribution in [0.4, 0.5) is 0 Å². The highest BCUT2D eigenvalue weighted by Gasteiger charge is 2.07. The van der Waals surface area contributed by atoms with Gasteiger partial charge in [-0.25, -0.2) is 0 Å². The molecule has 0 saturated carbocycles. The molecule has 0 aliphatic heterocycles. The molecule has 1 unspecified atom stereocenters. The minimum absolute atomic E-state index is 0.0659. The number of nitrogens with zero attached hydrogens (tertiary/aromatic N) is 1. The third-order valence-electron chi connectivity index (χ3n) is 1.82. The van der Waals surface area contributed by atoms with Crippen LogP contribution in [0.2, 0.25) is 0 Å². The van der Waals surface area contributed by atoms with Crippen molar-refractivity contribution in [3.8, 4) is 0 Å². The van der Waals surface area contributed by atoms with E-state index >= 15 is 0 Å². The maximum atomic E-state index is 6.01. The average molecular weight is 224 g/mol. The Morgan fingerprint density at radius 1 is 1.36 bits per heavy atom. The van der Waals surface area contributed by atoms with Gasteiger partial charge in [0.1, 0.15) is 0 Å². The first-order valence-electron chi connectivity index (χ1n) is 5.10. The molecule has 0 aromatic rings. The molecular weight excluding hydrogens is 202 g/mol. The number of rotatable bonds is 9. The minimum Gasteiger partial charge on any atom is -0.383 e. The lowest BCUT2D eigenvalue weighted by Crippen LogP contribution is -2.31. The first-order valence-corrected chi connectivity index (χ1v) is 5.53. The van der Waals surface area contributed by atoms with Gasteiger partial charge in [0.05, 0.1) is 18.6 Å². The Balaban J connectivity index is 3.30. The second-order valence-electron chi connectivity index (χ2n) is 3.43. The van der Waals surface area contributed by atoms with Crippen molar-refractivity contribution in [2.75, 3.05) is 47.1 Å². The number of hydrogen-bond acceptors (Lipinski definition) is 3. The Kier molecular flexibility index (Phi) is 9.83. The largest absolute Gasteiger partial charge is 0.383 e. The predicted octanol–water partition coefficient (Wildman–Crippen LogP) is 1.60. The molecule has 0 bridgehead atoms. The molecule has 86 valence electrons. The lowest BCUT2D eigenvalue weighted by molar-refractivity contribution is 0.108. The van der Waals surface area contributed by atoms with Gasteiger partial charge in [-0.15, -0.1) is 11.6 Å². The molecule has 0 amide bonds. The van der Waals surface area contributed by atoms with Gasteiger partial charge in [0.15, 0.2) is 0 Å². The number of likely N-dealkylation sites (N-methyl/N-ethyl adjacent to an activating group) is 1. The van der Waals surface area contributed by atoms with Gasteiger partial charge in [-0.2, -0.15) is 0 Å². The van der Waals surface area contributed by atoms with Gasteiger partial charge >= 0.3 is 0 Å². The zero-order valence-corrected chi connectivity index (χ0v) is 10.2. The molecular formula is C10H22ClNO2. The molecule has 0 spiro atoms. The van der Waals surface area contributed by atoms with Gasteiger partial charge < -0.3 is 14.4 Å². The third-order valence-corrected chi connectivity index (χ3v) is 2.09. The minimum atomic E-state index is 0.0659. The number of ether oxygens (including phenoxy) is 2. The molecule has 14 heavy (non-hydrogen) atoms. The van der Waals surface area contributed by atoms with Crippen LogP contribution in [0.3, 0.4) is 0 Å². The molecule has 0 rings (SSSR count). The van der Waals surface area contributed by atoms with Crippen LogP contribution in [0.1, 0.15) is 13.3 Å². The van der Waals surface area contributed by atoms with Gasteiger partial charge in [0, 0.05) is 26.8 Å². The second kappa shape index (κ2) is 9.71. The van der Waals surface area contributed by atoms with Crippen molar-refractivity contribution in [2.24, 2.45) is 0 Å². The van der Waals surface area contributed by atoms with Gasteiger partial charge in [0.2, 0.25) is 0 Å². The van der Waals surface area contributed by atoms with E-state index in [0.29, 0.717) is 6.61 Å². The summed E-state index contributed by atoms with van der Waals surface area (Å²) in [6.07, 6.45) is 1.07. The quantitative estimate of drug-likeness (QED) is 0.438. The van der Waals surface area contributed by atoms with E-state index in [1.165, 1.54) is 0 Å². The summed E-state index contributed by atoms with van der Waals surface area (Å²) in [6, 6.07) is 0. The first-order chi connectivity index (χ1) is 6.70. The molecule has 0 radical (unpaired) electrons. The summed E-state index contributed by atoms with van der Waals surface area (Å²) >= 11 is 6.01. The highest BCUT2D eigenvalue weighted by atomic mass is 35.5. The summed E-state index contributed by atoms with van der Waals surface area (Å²) < 4.78 is 10.3. The molecule has 0 saturated heterocycles. The van der Waals surface area contributed by atoms with Crippen LogP contribution in [-0.2, 0) is 9.47 Å². The standard InChI is InChI=1S/C10H22ClNO2/c1-4-6-14-7-5-12(2)8-10(11)9-13-3/h10H,4-9H2,1-3H3. The van der Waals surface area contributed by atoms with Crippen molar-refractivity contribution in [1.82, 2.24) is 4.90 Å². The fourth-order valence-corrected chi connectivity index (χ4v) is 1.49. The maximum Gasteiger partial charge on any atom is 0.0696 e. The monoisotopic (exact) mass is 223 g/mol. The SMILES string of the molecule is CCCOCCN(C)CC(Cl)COC. The first kappa shape index (κ1) is 14.2. The van der Waals surface area contributed by atoms with Crippen molar-refractivity contribution in [1.29, 1.82) is 0 Å². The predicted molar refractivity (Wildman–Crippen MR) is 60.1 cm³/mol. The van der Waals surface area contributed by atoms with Gasteiger partial charge in [-0.1, -0.05) is 6.92 Å². The fourth-order valence-electron chi connectivity index (χ4n) is 1.13. The fraction of sp³-hybridized carbons (Fsp3) is 1.00. The normalized spacial score (nSPS) is 13.5. The Labute approximate surface area is 92.3 Å². The number of hydrogen-bond donors (Lipinski definition) is 0. The van der Waals surface area contributed by atoms with E-state index in [0.717, 1.165) is 32.7 Å². The summed E-state index contributed by atoms with van der Waals surface area (Å²) in [5, 5.41) is 0.0659. The van der Waals surface area contributed by atoms with Crippen LogP contribution in [-0.4, -0.2) is 57.3 Å². The van der Waals surface area contributed by atoms with E-state index in [-0.39, 0.29) is 5.38 Å². The Morgan fingerprint density at radius 3 is 2.64 bits per heavy atom. The van der Waals surface area contributed by atoms with Crippen molar-refractivity contribution in [2.45, 2.75) is 18.7 Å². The topological polar surface area (TPSA) is 21.7 Å². The Hall–Kier alpha value is 0.170. The van der Waals surface area contributed by atoms with Crippen molar-refractivity contribution in [3.05, 3.63) is 0 Å². The van der Waals surface area contributed by atoms with E-state index in [4.69, 9.17) is 21.1 Å². The van der Waals surface area contributed by atoms with Gasteiger partial charge in [-0.05, 0) is 13.5 Å². The molecule has 3 nitrogen and oxygen atoms in total. The second-order valence-corrected chi connectivity index (χ2v) is 4.04. The zero-order valence-electron chi connectivity index (χ0n) is 9.46. The van der Waals surface area contributed by atoms with E-state index in [2.05, 4.69) is 11.8 Å². The molecule has 0 heterocycles. The van der Waals surface area contributed by atoms with Crippen molar-refractivity contribution >= 4 is 11.6 Å². The van der Waals surface area contributed by atoms with Crippen LogP contribution in [0, 0.1) is 0 Å². The van der Waals surface area contributed by atoms with Crippen LogP contribution < -0.4 is 0 Å². The van der Waals surface area contributed by atoms with Crippen LogP contribution >= 0.6 is 11.6 Å². The Morgan fingerprint density at radius 2 is 2.07 bits per heavy atom. The lowest BCUT2D eigenvalue weighted by atomic mass is 10.4. The molecule has 0 aromatic heterocycles. The molecule has 0 aliphatic rings. The average Bonchev–Trinajstić information content (AvgIpc) is 2.13. The van der Waals surface area contributed by atoms with E-state index in [9.17, 15) is 0 Å². The zero-order chi connectivity index (χ0) is 10.8. The van der Waals surface area contributed by atoms with E-state index < -0.39 is 0 Å².